The van der Waals surface area contributed by atoms with E-state index in [1.165, 1.54) is 0 Å². The van der Waals surface area contributed by atoms with Crippen molar-refractivity contribution in [1.29, 1.82) is 0 Å². The van der Waals surface area contributed by atoms with Crippen molar-refractivity contribution in [3.63, 3.8) is 0 Å². The molecule has 0 unspecified atom stereocenters. The lowest BCUT2D eigenvalue weighted by Gasteiger charge is -2.14. The third-order valence-electron chi connectivity index (χ3n) is 4.25. The van der Waals surface area contributed by atoms with E-state index in [0.29, 0.717) is 22.2 Å². The van der Waals surface area contributed by atoms with E-state index in [1.807, 2.05) is 57.2 Å². The maximum Gasteiger partial charge on any atom is 0.336 e. The second-order valence-electron chi connectivity index (χ2n) is 5.97. The van der Waals surface area contributed by atoms with Crippen LogP contribution >= 0.6 is 0 Å². The van der Waals surface area contributed by atoms with Crippen molar-refractivity contribution in [3.05, 3.63) is 58.7 Å². The molecule has 1 N–H and O–H groups in total. The van der Waals surface area contributed by atoms with E-state index in [-0.39, 0.29) is 0 Å². The van der Waals surface area contributed by atoms with E-state index in [9.17, 15) is 9.90 Å². The van der Waals surface area contributed by atoms with Crippen LogP contribution in [0.25, 0.3) is 22.2 Å². The molecule has 0 aliphatic carbocycles. The van der Waals surface area contributed by atoms with Crippen LogP contribution in [-0.4, -0.2) is 23.2 Å². The molecular formula is C20H19NO3. The quantitative estimate of drug-likeness (QED) is 0.769. The Bertz CT molecular complexity index is 943. The molecule has 0 aliphatic rings. The maximum absolute atomic E-state index is 11.9. The van der Waals surface area contributed by atoms with Crippen LogP contribution in [0.4, 0.5) is 0 Å². The van der Waals surface area contributed by atoms with Gasteiger partial charge in [-0.25, -0.2) is 9.78 Å². The molecular weight excluding hydrogens is 302 g/mol. The molecule has 0 amide bonds. The highest BCUT2D eigenvalue weighted by Gasteiger charge is 2.19. The first-order valence-electron chi connectivity index (χ1n) is 7.71. The van der Waals surface area contributed by atoms with Gasteiger partial charge in [0, 0.05) is 10.9 Å². The zero-order chi connectivity index (χ0) is 17.4. The summed E-state index contributed by atoms with van der Waals surface area (Å²) >= 11 is 0. The van der Waals surface area contributed by atoms with E-state index in [4.69, 9.17) is 9.72 Å². The normalized spacial score (nSPS) is 10.8. The first-order valence-corrected chi connectivity index (χ1v) is 7.71. The Labute approximate surface area is 140 Å². The van der Waals surface area contributed by atoms with Gasteiger partial charge in [-0.3, -0.25) is 0 Å². The Balaban J connectivity index is 2.36. The number of rotatable bonds is 3. The van der Waals surface area contributed by atoms with Gasteiger partial charge in [0.15, 0.2) is 0 Å². The van der Waals surface area contributed by atoms with Crippen LogP contribution in [0, 0.1) is 20.8 Å². The summed E-state index contributed by atoms with van der Waals surface area (Å²) in [4.78, 5) is 16.7. The average Bonchev–Trinajstić information content (AvgIpc) is 2.54. The number of carboxylic acid groups (broad SMARTS) is 1. The van der Waals surface area contributed by atoms with Crippen LogP contribution in [0.3, 0.4) is 0 Å². The van der Waals surface area contributed by atoms with Crippen molar-refractivity contribution in [2.75, 3.05) is 7.11 Å². The van der Waals surface area contributed by atoms with Crippen molar-refractivity contribution in [3.8, 4) is 17.0 Å². The zero-order valence-electron chi connectivity index (χ0n) is 14.2. The minimum absolute atomic E-state index is 0.317. The number of benzene rings is 2. The third-order valence-corrected chi connectivity index (χ3v) is 4.25. The average molecular weight is 321 g/mol. The van der Waals surface area contributed by atoms with E-state index < -0.39 is 5.97 Å². The van der Waals surface area contributed by atoms with Crippen molar-refractivity contribution >= 4 is 16.9 Å². The van der Waals surface area contributed by atoms with Gasteiger partial charge in [-0.15, -0.1) is 0 Å². The summed E-state index contributed by atoms with van der Waals surface area (Å²) in [5.41, 5.74) is 5.28. The van der Waals surface area contributed by atoms with E-state index in [2.05, 4.69) is 0 Å². The highest BCUT2D eigenvalue weighted by atomic mass is 16.5. The van der Waals surface area contributed by atoms with Gasteiger partial charge in [0.1, 0.15) is 5.75 Å². The lowest BCUT2D eigenvalue weighted by Crippen LogP contribution is -2.06. The van der Waals surface area contributed by atoms with Crippen LogP contribution in [-0.2, 0) is 0 Å². The van der Waals surface area contributed by atoms with Gasteiger partial charge in [-0.1, -0.05) is 11.6 Å². The predicted molar refractivity (Wildman–Crippen MR) is 94.9 cm³/mol. The molecule has 122 valence electrons. The number of carboxylic acids is 1. The van der Waals surface area contributed by atoms with Crippen molar-refractivity contribution < 1.29 is 14.6 Å². The molecule has 0 atom stereocenters. The Kier molecular flexibility index (Phi) is 3.97. The van der Waals surface area contributed by atoms with Crippen LogP contribution in [0.15, 0.2) is 36.4 Å². The van der Waals surface area contributed by atoms with E-state index >= 15 is 0 Å². The lowest BCUT2D eigenvalue weighted by molar-refractivity contribution is 0.0698. The van der Waals surface area contributed by atoms with Gasteiger partial charge in [0.25, 0.3) is 0 Å². The highest BCUT2D eigenvalue weighted by Crippen LogP contribution is 2.32. The molecule has 4 nitrogen and oxygen atoms in total. The molecule has 0 radical (unpaired) electrons. The predicted octanol–water partition coefficient (Wildman–Crippen LogP) is 4.53. The number of hydrogen-bond acceptors (Lipinski definition) is 3. The number of pyridine rings is 1. The van der Waals surface area contributed by atoms with Crippen LogP contribution < -0.4 is 4.74 Å². The molecule has 0 spiro atoms. The zero-order valence-corrected chi connectivity index (χ0v) is 14.2. The van der Waals surface area contributed by atoms with Gasteiger partial charge >= 0.3 is 5.97 Å². The SMILES string of the molecule is COc1ccc(-c2nc3c(C)cc(C)cc3c(C(=O)O)c2C)cc1. The van der Waals surface area contributed by atoms with Gasteiger partial charge in [0.05, 0.1) is 23.9 Å². The van der Waals surface area contributed by atoms with Gasteiger partial charge in [-0.2, -0.15) is 0 Å². The Hall–Kier alpha value is -2.88. The smallest absolute Gasteiger partial charge is 0.336 e. The topological polar surface area (TPSA) is 59.4 Å². The first-order chi connectivity index (χ1) is 11.4. The second-order valence-corrected chi connectivity index (χ2v) is 5.97. The number of ether oxygens (including phenoxy) is 1. The van der Waals surface area contributed by atoms with Crippen LogP contribution in [0.5, 0.6) is 5.75 Å². The molecule has 1 heterocycles. The molecule has 0 saturated heterocycles. The molecule has 1 aromatic heterocycles. The van der Waals surface area contributed by atoms with Gasteiger partial charge < -0.3 is 9.84 Å². The number of hydrogen-bond donors (Lipinski definition) is 1. The van der Waals surface area contributed by atoms with Crippen molar-refractivity contribution in [2.45, 2.75) is 20.8 Å². The van der Waals surface area contributed by atoms with E-state index in [1.54, 1.807) is 7.11 Å². The molecule has 0 fully saturated rings. The van der Waals surface area contributed by atoms with E-state index in [0.717, 1.165) is 28.0 Å². The van der Waals surface area contributed by atoms with Gasteiger partial charge in [-0.05, 0) is 62.2 Å². The Morgan fingerprint density at radius 2 is 1.75 bits per heavy atom. The largest absolute Gasteiger partial charge is 0.497 e. The molecule has 3 aromatic rings. The third kappa shape index (κ3) is 2.60. The molecule has 4 heteroatoms. The van der Waals surface area contributed by atoms with Gasteiger partial charge in [0.2, 0.25) is 0 Å². The molecule has 3 rings (SSSR count). The van der Waals surface area contributed by atoms with Crippen molar-refractivity contribution in [2.24, 2.45) is 0 Å². The van der Waals surface area contributed by atoms with Crippen LogP contribution in [0.2, 0.25) is 0 Å². The van der Waals surface area contributed by atoms with Crippen molar-refractivity contribution in [1.82, 2.24) is 4.98 Å². The first kappa shape index (κ1) is 16.0. The fourth-order valence-corrected chi connectivity index (χ4v) is 3.12. The Morgan fingerprint density at radius 1 is 1.08 bits per heavy atom. The minimum atomic E-state index is -0.931. The summed E-state index contributed by atoms with van der Waals surface area (Å²) in [5, 5.41) is 10.4. The summed E-state index contributed by atoms with van der Waals surface area (Å²) in [7, 11) is 1.61. The monoisotopic (exact) mass is 321 g/mol. The standard InChI is InChI=1S/C20H19NO3/c1-11-9-12(2)18-16(10-11)17(20(22)23)13(3)19(21-18)14-5-7-15(24-4)8-6-14/h5-10H,1-4H3,(H,22,23). The molecule has 0 saturated carbocycles. The highest BCUT2D eigenvalue weighted by molar-refractivity contribution is 6.06. The summed E-state index contributed by atoms with van der Waals surface area (Å²) < 4.78 is 5.19. The fourth-order valence-electron chi connectivity index (χ4n) is 3.12. The number of fused-ring (bicyclic) bond motifs is 1. The van der Waals surface area contributed by atoms with Crippen LogP contribution in [0.1, 0.15) is 27.0 Å². The molecule has 24 heavy (non-hydrogen) atoms. The summed E-state index contributed by atoms with van der Waals surface area (Å²) in [6.07, 6.45) is 0. The summed E-state index contributed by atoms with van der Waals surface area (Å²) in [5.74, 6) is -0.179. The molecule has 0 bridgehead atoms. The lowest BCUT2D eigenvalue weighted by atomic mass is 9.95. The number of methoxy groups -OCH3 is 1. The Morgan fingerprint density at radius 3 is 2.33 bits per heavy atom. The summed E-state index contributed by atoms with van der Waals surface area (Å²) in [6, 6.07) is 11.4. The summed E-state index contributed by atoms with van der Waals surface area (Å²) in [6.45, 7) is 5.74. The fraction of sp³-hybridized carbons (Fsp3) is 0.200. The number of aromatic carboxylic acids is 1. The molecule has 0 aliphatic heterocycles. The maximum atomic E-state index is 11.9. The number of carbonyl (C=O) groups is 1. The number of aromatic nitrogens is 1. The molecule has 2 aromatic carbocycles. The second kappa shape index (κ2) is 5.96. The minimum Gasteiger partial charge on any atom is -0.497 e. The number of nitrogens with zero attached hydrogens (tertiary/aromatic N) is 1. The number of aryl methyl sites for hydroxylation is 2.